The number of piperidine rings is 1. The Bertz CT molecular complexity index is 1500. The minimum absolute atomic E-state index is 0.0261. The highest BCUT2D eigenvalue weighted by molar-refractivity contribution is 7.89. The fourth-order valence-corrected chi connectivity index (χ4v) is 5.67. The number of ether oxygens (including phenoxy) is 1. The van der Waals surface area contributed by atoms with Crippen LogP contribution in [0, 0.1) is 10.8 Å². The summed E-state index contributed by atoms with van der Waals surface area (Å²) in [4.78, 5) is 3.63. The molecule has 0 aromatic heterocycles. The van der Waals surface area contributed by atoms with Gasteiger partial charge in [0.15, 0.2) is 5.11 Å². The summed E-state index contributed by atoms with van der Waals surface area (Å²) in [6, 6.07) is 18.2. The summed E-state index contributed by atoms with van der Waals surface area (Å²) in [6.07, 6.45) is 1.77. The van der Waals surface area contributed by atoms with E-state index in [1.807, 2.05) is 53.4 Å². The number of thiocarbonyl (C=S) groups is 1. The first kappa shape index (κ1) is 28.3. The van der Waals surface area contributed by atoms with Crippen molar-refractivity contribution >= 4 is 55.7 Å². The van der Waals surface area contributed by atoms with E-state index in [9.17, 15) is 8.42 Å². The average Bonchev–Trinajstić information content (AvgIpc) is 2.90. The molecule has 0 saturated carbocycles. The second-order valence-corrected chi connectivity index (χ2v) is 11.4. The molecule has 1 fully saturated rings. The van der Waals surface area contributed by atoms with Crippen LogP contribution in [0.4, 0.5) is 5.69 Å². The lowest BCUT2D eigenvalue weighted by molar-refractivity contribution is 0.130. The van der Waals surface area contributed by atoms with Crippen molar-refractivity contribution in [2.24, 2.45) is 10.9 Å². The summed E-state index contributed by atoms with van der Waals surface area (Å²) in [5.74, 6) is 1.25. The molecule has 0 atom stereocenters. The first-order chi connectivity index (χ1) is 18.4. The number of anilines is 1. The average molecular weight is 568 g/mol. The number of nitrogen functional groups attached to an aromatic ring is 1. The molecule has 4 rings (SSSR count). The molecule has 0 amide bonds. The summed E-state index contributed by atoms with van der Waals surface area (Å²) in [6.45, 7) is 3.34. The van der Waals surface area contributed by atoms with E-state index in [1.165, 1.54) is 0 Å². The Morgan fingerprint density at radius 3 is 2.28 bits per heavy atom. The van der Waals surface area contributed by atoms with Crippen molar-refractivity contribution in [2.75, 3.05) is 25.0 Å². The highest BCUT2D eigenvalue weighted by atomic mass is 32.2. The van der Waals surface area contributed by atoms with Crippen LogP contribution in [0.3, 0.4) is 0 Å². The SMILES string of the molecule is CC(=N)N1CCC(Oc2ccc(N(C)C(=S)N(Cc3ccc4ccc(C(=N)N)cc4c3)S(N)(=O)=O)cc2)CC1. The van der Waals surface area contributed by atoms with Crippen molar-refractivity contribution < 1.29 is 13.2 Å². The minimum atomic E-state index is -4.18. The third kappa shape index (κ3) is 6.83. The second-order valence-electron chi connectivity index (χ2n) is 9.59. The molecule has 0 spiro atoms. The summed E-state index contributed by atoms with van der Waals surface area (Å²) < 4.78 is 32.2. The maximum Gasteiger partial charge on any atom is 0.301 e. The van der Waals surface area contributed by atoms with Crippen molar-refractivity contribution in [2.45, 2.75) is 32.4 Å². The molecule has 12 heteroatoms. The van der Waals surface area contributed by atoms with Gasteiger partial charge >= 0.3 is 10.2 Å². The summed E-state index contributed by atoms with van der Waals surface area (Å²) >= 11 is 5.57. The number of hydrogen-bond acceptors (Lipinski definition) is 6. The maximum atomic E-state index is 12.6. The van der Waals surface area contributed by atoms with Gasteiger partial charge in [0.05, 0.1) is 12.4 Å². The van der Waals surface area contributed by atoms with Gasteiger partial charge in [0, 0.05) is 44.2 Å². The quantitative estimate of drug-likeness (QED) is 0.194. The lowest BCUT2D eigenvalue weighted by atomic mass is 10.0. The largest absolute Gasteiger partial charge is 0.490 e. The fraction of sp³-hybridized carbons (Fsp3) is 0.296. The minimum Gasteiger partial charge on any atom is -0.490 e. The maximum absolute atomic E-state index is 12.6. The first-order valence-corrected chi connectivity index (χ1v) is 14.4. The van der Waals surface area contributed by atoms with Crippen molar-refractivity contribution in [3.63, 3.8) is 0 Å². The van der Waals surface area contributed by atoms with Gasteiger partial charge in [-0.25, -0.2) is 9.44 Å². The molecule has 1 aliphatic rings. The highest BCUT2D eigenvalue weighted by Gasteiger charge is 2.25. The highest BCUT2D eigenvalue weighted by Crippen LogP contribution is 2.25. The Labute approximate surface area is 234 Å². The topological polar surface area (TPSA) is 153 Å². The monoisotopic (exact) mass is 567 g/mol. The van der Waals surface area contributed by atoms with Gasteiger partial charge in [-0.15, -0.1) is 0 Å². The lowest BCUT2D eigenvalue weighted by Gasteiger charge is -2.33. The van der Waals surface area contributed by atoms with Crippen molar-refractivity contribution in [1.29, 1.82) is 10.8 Å². The first-order valence-electron chi connectivity index (χ1n) is 12.4. The molecule has 206 valence electrons. The number of amidine groups is 2. The Hall–Kier alpha value is -3.74. The zero-order valence-electron chi connectivity index (χ0n) is 21.9. The van der Waals surface area contributed by atoms with Crippen LogP contribution in [0.1, 0.15) is 30.9 Å². The molecule has 39 heavy (non-hydrogen) atoms. The summed E-state index contributed by atoms with van der Waals surface area (Å²) in [7, 11) is -2.49. The molecule has 0 aliphatic carbocycles. The van der Waals surface area contributed by atoms with Crippen molar-refractivity contribution in [3.8, 4) is 5.75 Å². The van der Waals surface area contributed by atoms with E-state index < -0.39 is 10.2 Å². The molecule has 6 N–H and O–H groups in total. The van der Waals surface area contributed by atoms with Crippen LogP contribution in [-0.4, -0.2) is 60.6 Å². The molecule has 1 saturated heterocycles. The molecule has 0 unspecified atom stereocenters. The summed E-state index contributed by atoms with van der Waals surface area (Å²) in [5.41, 5.74) is 7.56. The Morgan fingerprint density at radius 2 is 1.69 bits per heavy atom. The normalized spacial score (nSPS) is 14.2. The van der Waals surface area contributed by atoms with Gasteiger partial charge in [0.25, 0.3) is 0 Å². The van der Waals surface area contributed by atoms with Crippen LogP contribution in [0.15, 0.2) is 60.7 Å². The van der Waals surface area contributed by atoms with Gasteiger partial charge in [-0.1, -0.05) is 24.3 Å². The number of nitrogens with two attached hydrogens (primary N) is 2. The number of fused-ring (bicyclic) bond motifs is 1. The predicted molar refractivity (Wildman–Crippen MR) is 160 cm³/mol. The molecule has 1 aliphatic heterocycles. The Kier molecular flexibility index (Phi) is 8.38. The predicted octanol–water partition coefficient (Wildman–Crippen LogP) is 3.39. The molecule has 10 nitrogen and oxygen atoms in total. The van der Waals surface area contributed by atoms with Crippen LogP contribution in [0.2, 0.25) is 0 Å². The van der Waals surface area contributed by atoms with E-state index in [-0.39, 0.29) is 23.6 Å². The van der Waals surface area contributed by atoms with Gasteiger partial charge in [-0.3, -0.25) is 10.8 Å². The number of nitrogens with one attached hydrogen (secondary N) is 2. The number of rotatable bonds is 7. The van der Waals surface area contributed by atoms with Crippen LogP contribution >= 0.6 is 12.2 Å². The lowest BCUT2D eigenvalue weighted by Crippen LogP contribution is -2.47. The van der Waals surface area contributed by atoms with Gasteiger partial charge in [-0.05, 0) is 71.9 Å². The van der Waals surface area contributed by atoms with E-state index in [1.54, 1.807) is 31.0 Å². The third-order valence-corrected chi connectivity index (χ3v) is 8.32. The smallest absolute Gasteiger partial charge is 0.301 e. The molecule has 3 aromatic rings. The van der Waals surface area contributed by atoms with Gasteiger partial charge in [0.1, 0.15) is 17.7 Å². The van der Waals surface area contributed by atoms with Crippen LogP contribution in [-0.2, 0) is 16.8 Å². The zero-order valence-corrected chi connectivity index (χ0v) is 23.6. The van der Waals surface area contributed by atoms with E-state index >= 15 is 0 Å². The molecule has 3 aromatic carbocycles. The summed E-state index contributed by atoms with van der Waals surface area (Å²) in [5, 5.41) is 22.8. The van der Waals surface area contributed by atoms with Gasteiger partial charge in [-0.2, -0.15) is 8.42 Å². The number of hydrogen-bond donors (Lipinski definition) is 4. The van der Waals surface area contributed by atoms with Crippen LogP contribution in [0.5, 0.6) is 5.75 Å². The van der Waals surface area contributed by atoms with E-state index in [4.69, 9.17) is 38.6 Å². The zero-order chi connectivity index (χ0) is 28.3. The van der Waals surface area contributed by atoms with E-state index in [0.717, 1.165) is 41.0 Å². The van der Waals surface area contributed by atoms with Crippen LogP contribution in [0.25, 0.3) is 10.8 Å². The second kappa shape index (κ2) is 11.6. The standard InChI is InChI=1S/C27H33N7O3S2/c1-18(28)33-13-11-25(12-14-33)37-24-9-7-23(8-10-24)32(2)27(38)34(39(31,35)36)17-19-3-4-20-5-6-21(26(29)30)16-22(20)15-19/h3-10,15-16,25,28H,11-14,17H2,1-2H3,(H3,29,30)(H2,31,35,36). The van der Waals surface area contributed by atoms with E-state index in [2.05, 4.69) is 0 Å². The van der Waals surface area contributed by atoms with E-state index in [0.29, 0.717) is 28.4 Å². The van der Waals surface area contributed by atoms with Crippen molar-refractivity contribution in [3.05, 3.63) is 71.8 Å². The molecular formula is C27H33N7O3S2. The Balaban J connectivity index is 1.47. The molecular weight excluding hydrogens is 534 g/mol. The molecule has 1 heterocycles. The van der Waals surface area contributed by atoms with Gasteiger partial charge in [0.2, 0.25) is 0 Å². The van der Waals surface area contributed by atoms with Gasteiger partial charge < -0.3 is 20.3 Å². The number of benzene rings is 3. The Morgan fingerprint density at radius 1 is 1.05 bits per heavy atom. The van der Waals surface area contributed by atoms with Crippen molar-refractivity contribution in [1.82, 2.24) is 9.21 Å². The molecule has 0 radical (unpaired) electrons. The molecule has 0 bridgehead atoms. The number of nitrogens with zero attached hydrogens (tertiary/aromatic N) is 3. The number of likely N-dealkylation sites (tertiary alicyclic amines) is 1. The fourth-order valence-electron chi connectivity index (χ4n) is 4.52. The van der Waals surface area contributed by atoms with Crippen LogP contribution < -0.4 is 20.5 Å². The third-order valence-electron chi connectivity index (χ3n) is 6.79.